The molecule has 1 saturated heterocycles. The molecule has 2 fully saturated rings. The summed E-state index contributed by atoms with van der Waals surface area (Å²) in [6.45, 7) is 1.31. The minimum atomic E-state index is 0.294. The second kappa shape index (κ2) is 9.16. The SMILES string of the molecule is Nc1nc(Nc2ccc3c(c2)CCC(N2CC[C@H]4C[C@H]42)CC3)nn1-c1cc2c(nn1)-c1ccccc1CCC2. The molecule has 0 bridgehead atoms. The molecule has 3 aliphatic carbocycles. The largest absolute Gasteiger partial charge is 0.368 e. The number of hydrogen-bond donors (Lipinski definition) is 2. The lowest BCUT2D eigenvalue weighted by Gasteiger charge is -2.28. The number of nitrogens with one attached hydrogen (secondary N) is 1. The van der Waals surface area contributed by atoms with E-state index in [4.69, 9.17) is 5.73 Å². The highest BCUT2D eigenvalue weighted by molar-refractivity contribution is 5.68. The maximum absolute atomic E-state index is 6.31. The van der Waals surface area contributed by atoms with Crippen molar-refractivity contribution in [3.63, 3.8) is 0 Å². The summed E-state index contributed by atoms with van der Waals surface area (Å²) in [5.74, 6) is 2.36. The van der Waals surface area contributed by atoms with Crippen molar-refractivity contribution in [3.05, 3.63) is 70.8 Å². The number of hydrogen-bond acceptors (Lipinski definition) is 7. The van der Waals surface area contributed by atoms with E-state index in [2.05, 4.69) is 79.0 Å². The quantitative estimate of drug-likeness (QED) is 0.372. The molecule has 2 aromatic carbocycles. The Hall–Kier alpha value is -3.78. The van der Waals surface area contributed by atoms with E-state index in [1.165, 1.54) is 60.0 Å². The minimum absolute atomic E-state index is 0.294. The monoisotopic (exact) mass is 518 g/mol. The normalized spacial score (nSPS) is 23.6. The zero-order chi connectivity index (χ0) is 25.9. The van der Waals surface area contributed by atoms with Crippen molar-refractivity contribution in [2.24, 2.45) is 5.92 Å². The molecule has 0 radical (unpaired) electrons. The number of nitrogens with zero attached hydrogens (tertiary/aromatic N) is 6. The van der Waals surface area contributed by atoms with Crippen LogP contribution in [0.4, 0.5) is 17.6 Å². The molecular formula is C31H34N8. The van der Waals surface area contributed by atoms with Gasteiger partial charge in [0.15, 0.2) is 5.82 Å². The summed E-state index contributed by atoms with van der Waals surface area (Å²) in [6.07, 6.45) is 10.7. The third-order valence-corrected chi connectivity index (χ3v) is 9.37. The van der Waals surface area contributed by atoms with Crippen molar-refractivity contribution in [3.8, 4) is 17.1 Å². The summed E-state index contributed by atoms with van der Waals surface area (Å²) < 4.78 is 1.58. The molecule has 2 aromatic heterocycles. The number of nitrogens with two attached hydrogens (primary N) is 1. The van der Waals surface area contributed by atoms with E-state index >= 15 is 0 Å². The van der Waals surface area contributed by atoms with Crippen LogP contribution >= 0.6 is 0 Å². The molecule has 198 valence electrons. The van der Waals surface area contributed by atoms with Crippen LogP contribution in [0.5, 0.6) is 0 Å². The highest BCUT2D eigenvalue weighted by Crippen LogP contribution is 2.46. The van der Waals surface area contributed by atoms with Crippen molar-refractivity contribution in [1.82, 2.24) is 29.9 Å². The number of rotatable bonds is 4. The Morgan fingerprint density at radius 1 is 0.846 bits per heavy atom. The van der Waals surface area contributed by atoms with Crippen LogP contribution in [-0.2, 0) is 25.7 Å². The standard InChI is InChI=1S/C31H34N8/c32-30-34-31(37-39(30)28-18-23-6-3-5-20-4-1-2-7-26(20)29(23)36-35-28)33-24-11-8-19-9-12-25(13-10-21(19)16-24)38-15-14-22-17-27(22)38/h1-2,4,7-8,11,16,18,22,25,27H,3,5-6,9-10,12-15,17H2,(H3,32,33,34,37)/t22-,25?,27+/m0/s1. The van der Waals surface area contributed by atoms with Gasteiger partial charge in [0.2, 0.25) is 11.9 Å². The second-order valence-corrected chi connectivity index (χ2v) is 11.7. The van der Waals surface area contributed by atoms with Crippen LogP contribution < -0.4 is 11.1 Å². The Morgan fingerprint density at radius 3 is 2.59 bits per heavy atom. The van der Waals surface area contributed by atoms with Crippen molar-refractivity contribution >= 4 is 17.6 Å². The van der Waals surface area contributed by atoms with Crippen LogP contribution in [0.3, 0.4) is 0 Å². The first kappa shape index (κ1) is 23.1. The summed E-state index contributed by atoms with van der Waals surface area (Å²) in [5.41, 5.74) is 14.9. The molecule has 8 rings (SSSR count). The molecule has 1 aliphatic heterocycles. The van der Waals surface area contributed by atoms with E-state index in [0.29, 0.717) is 17.7 Å². The van der Waals surface area contributed by atoms with Gasteiger partial charge in [-0.05, 0) is 111 Å². The molecule has 8 heteroatoms. The van der Waals surface area contributed by atoms with Gasteiger partial charge in [-0.1, -0.05) is 30.3 Å². The molecule has 4 aromatic rings. The van der Waals surface area contributed by atoms with Crippen LogP contribution in [0.15, 0.2) is 48.5 Å². The highest BCUT2D eigenvalue weighted by Gasteiger charge is 2.48. The first-order valence-corrected chi connectivity index (χ1v) is 14.5. The zero-order valence-corrected chi connectivity index (χ0v) is 22.2. The molecule has 8 nitrogen and oxygen atoms in total. The highest BCUT2D eigenvalue weighted by atomic mass is 15.4. The van der Waals surface area contributed by atoms with Crippen LogP contribution in [0.1, 0.15) is 54.4 Å². The molecule has 4 aliphatic rings. The number of benzene rings is 2. The summed E-state index contributed by atoms with van der Waals surface area (Å²) in [4.78, 5) is 7.32. The lowest BCUT2D eigenvalue weighted by Crippen LogP contribution is -2.35. The van der Waals surface area contributed by atoms with Crippen molar-refractivity contribution in [2.45, 2.75) is 69.9 Å². The number of fused-ring (bicyclic) bond motifs is 5. The van der Waals surface area contributed by atoms with Crippen molar-refractivity contribution in [1.29, 1.82) is 0 Å². The Morgan fingerprint density at radius 2 is 1.72 bits per heavy atom. The van der Waals surface area contributed by atoms with E-state index in [1.807, 2.05) is 0 Å². The number of nitrogen functional groups attached to an aromatic ring is 1. The number of anilines is 3. The number of likely N-dealkylation sites (tertiary alicyclic amines) is 1. The average molecular weight is 519 g/mol. The van der Waals surface area contributed by atoms with Gasteiger partial charge in [-0.2, -0.15) is 9.67 Å². The van der Waals surface area contributed by atoms with Crippen LogP contribution in [0.2, 0.25) is 0 Å². The predicted molar refractivity (Wildman–Crippen MR) is 152 cm³/mol. The minimum Gasteiger partial charge on any atom is -0.368 e. The molecule has 3 heterocycles. The van der Waals surface area contributed by atoms with Gasteiger partial charge in [0.1, 0.15) is 0 Å². The fourth-order valence-electron chi connectivity index (χ4n) is 7.24. The summed E-state index contributed by atoms with van der Waals surface area (Å²) in [6, 6.07) is 18.8. The van der Waals surface area contributed by atoms with E-state index in [9.17, 15) is 0 Å². The van der Waals surface area contributed by atoms with Crippen molar-refractivity contribution in [2.75, 3.05) is 17.6 Å². The third kappa shape index (κ3) is 4.18. The Labute approximate surface area is 228 Å². The Bertz CT molecular complexity index is 1560. The molecule has 0 amide bonds. The average Bonchev–Trinajstić information content (AvgIpc) is 3.60. The fourth-order valence-corrected chi connectivity index (χ4v) is 7.24. The molecular weight excluding hydrogens is 484 g/mol. The van der Waals surface area contributed by atoms with Gasteiger partial charge in [-0.25, -0.2) is 0 Å². The van der Waals surface area contributed by atoms with Gasteiger partial charge >= 0.3 is 0 Å². The first-order valence-electron chi connectivity index (χ1n) is 14.5. The maximum Gasteiger partial charge on any atom is 0.248 e. The molecule has 1 unspecified atom stereocenters. The smallest absolute Gasteiger partial charge is 0.248 e. The predicted octanol–water partition coefficient (Wildman–Crippen LogP) is 4.88. The number of aryl methyl sites for hydroxylation is 4. The maximum atomic E-state index is 6.31. The number of aromatic nitrogens is 5. The molecule has 1 saturated carbocycles. The lowest BCUT2D eigenvalue weighted by molar-refractivity contribution is 0.195. The van der Waals surface area contributed by atoms with Crippen LogP contribution in [0.25, 0.3) is 17.1 Å². The van der Waals surface area contributed by atoms with Gasteiger partial charge < -0.3 is 11.1 Å². The molecule has 39 heavy (non-hydrogen) atoms. The topological polar surface area (TPSA) is 97.8 Å². The lowest BCUT2D eigenvalue weighted by atomic mass is 10.0. The summed E-state index contributed by atoms with van der Waals surface area (Å²) in [7, 11) is 0. The van der Waals surface area contributed by atoms with Crippen LogP contribution in [-0.4, -0.2) is 48.5 Å². The van der Waals surface area contributed by atoms with Gasteiger partial charge in [-0.3, -0.25) is 4.90 Å². The summed E-state index contributed by atoms with van der Waals surface area (Å²) >= 11 is 0. The van der Waals surface area contributed by atoms with E-state index in [1.54, 1.807) is 4.68 Å². The van der Waals surface area contributed by atoms with Crippen LogP contribution in [0, 0.1) is 5.92 Å². The molecule has 3 atom stereocenters. The fraction of sp³-hybridized carbons (Fsp3) is 0.419. The van der Waals surface area contributed by atoms with Gasteiger partial charge in [0, 0.05) is 23.3 Å². The van der Waals surface area contributed by atoms with E-state index in [-0.39, 0.29) is 0 Å². The Kier molecular flexibility index (Phi) is 5.43. The van der Waals surface area contributed by atoms with Gasteiger partial charge in [0.05, 0.1) is 5.69 Å². The third-order valence-electron chi connectivity index (χ3n) is 9.37. The number of piperidine rings is 1. The van der Waals surface area contributed by atoms with E-state index in [0.717, 1.165) is 61.5 Å². The van der Waals surface area contributed by atoms with Gasteiger partial charge in [-0.15, -0.1) is 15.3 Å². The summed E-state index contributed by atoms with van der Waals surface area (Å²) in [5, 5.41) is 17.2. The van der Waals surface area contributed by atoms with E-state index < -0.39 is 0 Å². The Balaban J connectivity index is 1.01. The van der Waals surface area contributed by atoms with Crippen molar-refractivity contribution < 1.29 is 0 Å². The zero-order valence-electron chi connectivity index (χ0n) is 22.2. The second-order valence-electron chi connectivity index (χ2n) is 11.7. The molecule has 3 N–H and O–H groups in total. The first-order chi connectivity index (χ1) is 19.2. The van der Waals surface area contributed by atoms with Gasteiger partial charge in [0.25, 0.3) is 0 Å². The molecule has 0 spiro atoms.